The molecule has 3 N–H and O–H groups in total. The van der Waals surface area contributed by atoms with Crippen LogP contribution in [0.25, 0.3) is 0 Å². The van der Waals surface area contributed by atoms with Gasteiger partial charge in [-0.05, 0) is 36.6 Å². The fraction of sp³-hybridized carbons (Fsp3) is 0.304. The van der Waals surface area contributed by atoms with Gasteiger partial charge in [0.25, 0.3) is 15.9 Å². The van der Waals surface area contributed by atoms with Gasteiger partial charge in [0.05, 0.1) is 11.9 Å². The summed E-state index contributed by atoms with van der Waals surface area (Å²) in [6.07, 6.45) is 3.21. The number of hydrogen-bond acceptors (Lipinski definition) is 7. The molecule has 1 amide bonds. The number of benzene rings is 2. The lowest BCUT2D eigenvalue weighted by Crippen LogP contribution is -2.49. The number of carbonyl (C=O) groups excluding carboxylic acids is 1. The van der Waals surface area contributed by atoms with Crippen LogP contribution in [-0.2, 0) is 31.4 Å². The van der Waals surface area contributed by atoms with Crippen molar-refractivity contribution in [2.45, 2.75) is 36.7 Å². The van der Waals surface area contributed by atoms with Crippen LogP contribution in [0.2, 0.25) is 0 Å². The highest BCUT2D eigenvalue weighted by Crippen LogP contribution is 2.42. The van der Waals surface area contributed by atoms with E-state index in [4.69, 9.17) is 0 Å². The number of sulfonamides is 2. The number of amides is 1. The number of nitrogens with zero attached hydrogens (tertiary/aromatic N) is 2. The summed E-state index contributed by atoms with van der Waals surface area (Å²) in [5.74, 6) is -1.19. The van der Waals surface area contributed by atoms with Crippen LogP contribution in [0.4, 0.5) is 11.4 Å². The van der Waals surface area contributed by atoms with Crippen molar-refractivity contribution in [1.29, 1.82) is 0 Å². The van der Waals surface area contributed by atoms with Gasteiger partial charge in [-0.2, -0.15) is 8.42 Å². The first kappa shape index (κ1) is 23.4. The zero-order chi connectivity index (χ0) is 25.0. The van der Waals surface area contributed by atoms with Crippen molar-refractivity contribution >= 4 is 43.2 Å². The van der Waals surface area contributed by atoms with Crippen LogP contribution in [0.15, 0.2) is 69.2 Å². The zero-order valence-electron chi connectivity index (χ0n) is 18.8. The highest BCUT2D eigenvalue weighted by atomic mass is 32.2. The topological polar surface area (TPSA) is 145 Å². The highest BCUT2D eigenvalue weighted by Gasteiger charge is 2.46. The number of carbonyl (C=O) groups is 1. The van der Waals surface area contributed by atoms with Crippen LogP contribution in [0, 0.1) is 5.92 Å². The normalized spacial score (nSPS) is 23.3. The molecular weight excluding hydrogens is 492 g/mol. The monoisotopic (exact) mass is 516 g/mol. The molecule has 2 atom stereocenters. The average Bonchev–Trinajstić information content (AvgIpc) is 3.27. The van der Waals surface area contributed by atoms with E-state index in [2.05, 4.69) is 14.4 Å². The summed E-state index contributed by atoms with van der Waals surface area (Å²) in [6.45, 7) is 0.328. The standard InChI is InChI=1S/C23H24N4O6S2/c1-34(30,31)25-15-10-11-17-19(12-15)35(32,33)26-22(24-17)20-21(28)16-8-5-9-18(16)27(23(20)29)13-14-6-3-2-4-7-14/h2-4,6-7,10-12,16,18,25,28H,5,8-9,13H2,1H3,(H,24,26). The van der Waals surface area contributed by atoms with Gasteiger partial charge in [0.15, 0.2) is 5.84 Å². The van der Waals surface area contributed by atoms with E-state index < -0.39 is 26.0 Å². The summed E-state index contributed by atoms with van der Waals surface area (Å²) in [5, 5.41) is 13.9. The number of rotatable bonds is 5. The van der Waals surface area contributed by atoms with Crippen molar-refractivity contribution in [1.82, 2.24) is 4.90 Å². The molecule has 5 rings (SSSR count). The van der Waals surface area contributed by atoms with Crippen LogP contribution >= 0.6 is 0 Å². The molecule has 0 spiro atoms. The summed E-state index contributed by atoms with van der Waals surface area (Å²) in [6, 6.07) is 13.2. The Balaban J connectivity index is 1.54. The molecule has 0 radical (unpaired) electrons. The summed E-state index contributed by atoms with van der Waals surface area (Å²) < 4.78 is 55.2. The number of aliphatic hydroxyl groups is 1. The van der Waals surface area contributed by atoms with Crippen molar-refractivity contribution in [3.63, 3.8) is 0 Å². The molecule has 1 fully saturated rings. The van der Waals surface area contributed by atoms with E-state index in [1.807, 2.05) is 30.3 Å². The molecule has 0 aromatic heterocycles. The van der Waals surface area contributed by atoms with Gasteiger partial charge in [0.2, 0.25) is 10.0 Å². The second kappa shape index (κ2) is 8.38. The number of aliphatic hydroxyl groups excluding tert-OH is 1. The van der Waals surface area contributed by atoms with E-state index in [9.17, 15) is 26.7 Å². The first-order valence-corrected chi connectivity index (χ1v) is 14.4. The lowest BCUT2D eigenvalue weighted by Gasteiger charge is -2.39. The molecule has 1 aliphatic carbocycles. The number of nitrogens with one attached hydrogen (secondary N) is 2. The lowest BCUT2D eigenvalue weighted by atomic mass is 9.89. The van der Waals surface area contributed by atoms with Gasteiger partial charge in [0, 0.05) is 24.2 Å². The van der Waals surface area contributed by atoms with Gasteiger partial charge in [-0.1, -0.05) is 36.8 Å². The van der Waals surface area contributed by atoms with Crippen molar-refractivity contribution in [3.8, 4) is 0 Å². The van der Waals surface area contributed by atoms with E-state index in [0.717, 1.165) is 30.7 Å². The van der Waals surface area contributed by atoms with Gasteiger partial charge >= 0.3 is 0 Å². The van der Waals surface area contributed by atoms with Gasteiger partial charge in [0.1, 0.15) is 16.2 Å². The molecule has 2 unspecified atom stereocenters. The third-order valence-corrected chi connectivity index (χ3v) is 8.34. The van der Waals surface area contributed by atoms with Crippen molar-refractivity contribution in [3.05, 3.63) is 65.4 Å². The maximum Gasteiger partial charge on any atom is 0.286 e. The predicted octanol–water partition coefficient (Wildman–Crippen LogP) is 2.59. The van der Waals surface area contributed by atoms with Gasteiger partial charge in [-0.25, -0.2) is 8.42 Å². The Labute approximate surface area is 203 Å². The second-order valence-corrected chi connectivity index (χ2v) is 12.2. The number of anilines is 2. The minimum Gasteiger partial charge on any atom is -0.511 e. The molecule has 0 saturated heterocycles. The molecule has 2 aromatic rings. The van der Waals surface area contributed by atoms with Crippen molar-refractivity contribution in [2.75, 3.05) is 16.3 Å². The highest BCUT2D eigenvalue weighted by molar-refractivity contribution is 7.92. The Hall–Kier alpha value is -3.38. The number of amidine groups is 1. The maximum absolute atomic E-state index is 13.6. The van der Waals surface area contributed by atoms with E-state index in [1.165, 1.54) is 12.1 Å². The largest absolute Gasteiger partial charge is 0.511 e. The minimum absolute atomic E-state index is 0.0638. The molecule has 35 heavy (non-hydrogen) atoms. The van der Waals surface area contributed by atoms with Gasteiger partial charge in [-0.15, -0.1) is 4.40 Å². The average molecular weight is 517 g/mol. The SMILES string of the molecule is CS(=O)(=O)Nc1ccc2c(c1)S(=O)(=O)N=C(C1=C(O)C3CCCC3N(Cc3ccccc3)C1=O)N2. The van der Waals surface area contributed by atoms with Crippen molar-refractivity contribution < 1.29 is 26.7 Å². The van der Waals surface area contributed by atoms with E-state index in [1.54, 1.807) is 4.90 Å². The number of fused-ring (bicyclic) bond motifs is 2. The summed E-state index contributed by atoms with van der Waals surface area (Å²) in [4.78, 5) is 15.1. The summed E-state index contributed by atoms with van der Waals surface area (Å²) >= 11 is 0. The Morgan fingerprint density at radius 2 is 1.91 bits per heavy atom. The van der Waals surface area contributed by atoms with E-state index in [0.29, 0.717) is 13.0 Å². The fourth-order valence-corrected chi connectivity index (χ4v) is 6.66. The Kier molecular flexibility index (Phi) is 5.59. The van der Waals surface area contributed by atoms with E-state index in [-0.39, 0.29) is 45.4 Å². The van der Waals surface area contributed by atoms with Crippen LogP contribution in [0.1, 0.15) is 24.8 Å². The second-order valence-electron chi connectivity index (χ2n) is 8.91. The third-order valence-electron chi connectivity index (χ3n) is 6.42. The minimum atomic E-state index is -4.29. The molecule has 2 aliphatic heterocycles. The van der Waals surface area contributed by atoms with Crippen LogP contribution in [0.3, 0.4) is 0 Å². The molecule has 2 heterocycles. The Morgan fingerprint density at radius 1 is 1.17 bits per heavy atom. The lowest BCUT2D eigenvalue weighted by molar-refractivity contribution is -0.132. The van der Waals surface area contributed by atoms with Crippen LogP contribution < -0.4 is 10.0 Å². The molecule has 2 aromatic carbocycles. The Bertz CT molecular complexity index is 1480. The Morgan fingerprint density at radius 3 is 2.63 bits per heavy atom. The van der Waals surface area contributed by atoms with Crippen LogP contribution in [0.5, 0.6) is 0 Å². The third kappa shape index (κ3) is 4.39. The van der Waals surface area contributed by atoms with E-state index >= 15 is 0 Å². The molecule has 184 valence electrons. The van der Waals surface area contributed by atoms with Crippen molar-refractivity contribution in [2.24, 2.45) is 10.3 Å². The fourth-order valence-electron chi connectivity index (χ4n) is 4.96. The quantitative estimate of drug-likeness (QED) is 0.554. The first-order chi connectivity index (χ1) is 16.5. The predicted molar refractivity (Wildman–Crippen MR) is 131 cm³/mol. The molecule has 1 saturated carbocycles. The van der Waals surface area contributed by atoms with Gasteiger partial charge in [-0.3, -0.25) is 9.52 Å². The van der Waals surface area contributed by atoms with Crippen LogP contribution in [-0.4, -0.2) is 50.9 Å². The molecule has 3 aliphatic rings. The molecule has 10 nitrogen and oxygen atoms in total. The molecular formula is C23H24N4O6S2. The maximum atomic E-state index is 13.6. The number of hydrogen-bond donors (Lipinski definition) is 3. The van der Waals surface area contributed by atoms with Gasteiger partial charge < -0.3 is 15.3 Å². The zero-order valence-corrected chi connectivity index (χ0v) is 20.4. The summed E-state index contributed by atoms with van der Waals surface area (Å²) in [7, 11) is -7.90. The smallest absolute Gasteiger partial charge is 0.286 e. The first-order valence-electron chi connectivity index (χ1n) is 11.1. The molecule has 12 heteroatoms. The molecule has 0 bridgehead atoms. The summed E-state index contributed by atoms with van der Waals surface area (Å²) in [5.41, 5.74) is 0.963.